The first-order valence-electron chi connectivity index (χ1n) is 10.2. The zero-order valence-electron chi connectivity index (χ0n) is 18.8. The Kier molecular flexibility index (Phi) is 5.64. The number of nitriles is 1. The van der Waals surface area contributed by atoms with Crippen LogP contribution in [-0.4, -0.2) is 57.1 Å². The molecule has 12 heteroatoms. The number of amides is 3. The van der Waals surface area contributed by atoms with Crippen molar-refractivity contribution in [3.8, 4) is 6.07 Å². The van der Waals surface area contributed by atoms with Gasteiger partial charge < -0.3 is 9.80 Å². The van der Waals surface area contributed by atoms with Crippen LogP contribution in [0.4, 0.5) is 23.7 Å². The van der Waals surface area contributed by atoms with Crippen LogP contribution in [0.2, 0.25) is 0 Å². The van der Waals surface area contributed by atoms with E-state index in [4.69, 9.17) is 0 Å². The molecule has 4 rings (SSSR count). The Balaban J connectivity index is 1.97. The average Bonchev–Trinajstić information content (AvgIpc) is 3.07. The van der Waals surface area contributed by atoms with Gasteiger partial charge in [-0.25, -0.2) is 13.2 Å². The smallest absolute Gasteiger partial charge is 0.336 e. The van der Waals surface area contributed by atoms with E-state index in [0.717, 1.165) is 28.2 Å². The van der Waals surface area contributed by atoms with Crippen molar-refractivity contribution in [2.75, 3.05) is 31.8 Å². The van der Waals surface area contributed by atoms with E-state index in [9.17, 15) is 36.4 Å². The molecule has 2 aliphatic rings. The highest BCUT2D eigenvalue weighted by atomic mass is 32.2. The molecule has 35 heavy (non-hydrogen) atoms. The van der Waals surface area contributed by atoms with Crippen LogP contribution in [0.25, 0.3) is 0 Å². The van der Waals surface area contributed by atoms with E-state index in [1.54, 1.807) is 0 Å². The van der Waals surface area contributed by atoms with Crippen molar-refractivity contribution < 1.29 is 31.2 Å². The fourth-order valence-corrected chi connectivity index (χ4v) is 5.31. The molecule has 0 aliphatic carbocycles. The van der Waals surface area contributed by atoms with Gasteiger partial charge in [0.05, 0.1) is 51.6 Å². The summed E-state index contributed by atoms with van der Waals surface area (Å²) in [7, 11) is -1.06. The Hall–Kier alpha value is -3.85. The Morgan fingerprint density at radius 2 is 1.77 bits per heavy atom. The topological polar surface area (TPSA) is 102 Å². The van der Waals surface area contributed by atoms with Crippen molar-refractivity contribution in [3.63, 3.8) is 0 Å². The Bertz CT molecular complexity index is 1440. The third-order valence-corrected chi connectivity index (χ3v) is 7.12. The monoisotopic (exact) mass is 504 g/mol. The van der Waals surface area contributed by atoms with Crippen LogP contribution >= 0.6 is 0 Å². The van der Waals surface area contributed by atoms with E-state index in [-0.39, 0.29) is 39.5 Å². The summed E-state index contributed by atoms with van der Waals surface area (Å²) in [5, 5.41) is 9.22. The fraction of sp³-hybridized carbons (Fsp3) is 0.261. The third kappa shape index (κ3) is 4.01. The number of hydrogen-bond acceptors (Lipinski definition) is 5. The van der Waals surface area contributed by atoms with Crippen LogP contribution in [0.5, 0.6) is 0 Å². The number of sulfone groups is 1. The number of urea groups is 1. The SMILES string of the molecule is CN1CC2=C(C1=O)C(c1ccc(C#N)cc1S(C)(=O)=O)N(C)C(=O)N2c1cccc(C(F)(F)F)c1. The lowest BCUT2D eigenvalue weighted by molar-refractivity contribution is -0.137. The van der Waals surface area contributed by atoms with E-state index in [0.29, 0.717) is 0 Å². The Labute approximate surface area is 199 Å². The van der Waals surface area contributed by atoms with E-state index in [1.807, 2.05) is 6.07 Å². The summed E-state index contributed by atoms with van der Waals surface area (Å²) in [5.41, 5.74) is -0.612. The van der Waals surface area contributed by atoms with Crippen LogP contribution in [0, 0.1) is 11.3 Å². The molecular formula is C23H19F3N4O4S. The zero-order valence-corrected chi connectivity index (χ0v) is 19.6. The summed E-state index contributed by atoms with van der Waals surface area (Å²) in [5.74, 6) is -0.495. The third-order valence-electron chi connectivity index (χ3n) is 5.97. The minimum Gasteiger partial charge on any atom is -0.336 e. The summed E-state index contributed by atoms with van der Waals surface area (Å²) in [4.78, 5) is 29.9. The van der Waals surface area contributed by atoms with Gasteiger partial charge in [-0.2, -0.15) is 18.4 Å². The van der Waals surface area contributed by atoms with Crippen LogP contribution in [0.15, 0.2) is 58.6 Å². The van der Waals surface area contributed by atoms with Crippen molar-refractivity contribution in [3.05, 3.63) is 70.4 Å². The fourth-order valence-electron chi connectivity index (χ4n) is 4.36. The summed E-state index contributed by atoms with van der Waals surface area (Å²) < 4.78 is 65.1. The summed E-state index contributed by atoms with van der Waals surface area (Å²) >= 11 is 0. The molecule has 0 radical (unpaired) electrons. The van der Waals surface area contributed by atoms with Crippen molar-refractivity contribution in [2.45, 2.75) is 17.1 Å². The predicted molar refractivity (Wildman–Crippen MR) is 119 cm³/mol. The number of nitrogens with zero attached hydrogens (tertiary/aromatic N) is 4. The highest BCUT2D eigenvalue weighted by molar-refractivity contribution is 7.90. The molecule has 0 fully saturated rings. The van der Waals surface area contributed by atoms with Crippen LogP contribution < -0.4 is 4.90 Å². The van der Waals surface area contributed by atoms with Gasteiger partial charge in [0, 0.05) is 20.4 Å². The quantitative estimate of drug-likeness (QED) is 0.638. The summed E-state index contributed by atoms with van der Waals surface area (Å²) in [6, 6.07) is 8.12. The van der Waals surface area contributed by atoms with Gasteiger partial charge in [0.15, 0.2) is 9.84 Å². The number of anilines is 1. The molecule has 0 spiro atoms. The van der Waals surface area contributed by atoms with E-state index in [2.05, 4.69) is 0 Å². The van der Waals surface area contributed by atoms with E-state index >= 15 is 0 Å². The maximum absolute atomic E-state index is 13.5. The number of carbonyl (C=O) groups is 2. The first-order chi connectivity index (χ1) is 16.3. The first-order valence-corrected chi connectivity index (χ1v) is 12.1. The highest BCUT2D eigenvalue weighted by Gasteiger charge is 2.48. The van der Waals surface area contributed by atoms with E-state index in [1.165, 1.54) is 49.3 Å². The van der Waals surface area contributed by atoms with Gasteiger partial charge in [-0.3, -0.25) is 9.69 Å². The predicted octanol–water partition coefficient (Wildman–Crippen LogP) is 3.32. The Morgan fingerprint density at radius 3 is 2.37 bits per heavy atom. The molecule has 2 aromatic rings. The van der Waals surface area contributed by atoms with Gasteiger partial charge in [0.1, 0.15) is 0 Å². The minimum absolute atomic E-state index is 0.0645. The normalized spacial score (nSPS) is 18.8. The molecule has 0 saturated heterocycles. The standard InChI is InChI=1S/C23H19F3N4O4S/c1-28-12-17-19(21(28)31)20(16-8-7-13(11-27)9-18(16)35(3,33)34)29(2)22(32)30(17)15-6-4-5-14(10-15)23(24,25)26/h4-10,20H,12H2,1-3H3. The highest BCUT2D eigenvalue weighted by Crippen LogP contribution is 2.44. The maximum atomic E-state index is 13.5. The number of likely N-dealkylation sites (N-methyl/N-ethyl adjacent to an activating group) is 2. The molecule has 0 saturated carbocycles. The maximum Gasteiger partial charge on any atom is 0.416 e. The van der Waals surface area contributed by atoms with Gasteiger partial charge in [-0.15, -0.1) is 0 Å². The minimum atomic E-state index is -4.64. The molecule has 8 nitrogen and oxygen atoms in total. The molecule has 1 atom stereocenters. The van der Waals surface area contributed by atoms with Crippen molar-refractivity contribution in [1.82, 2.24) is 9.80 Å². The van der Waals surface area contributed by atoms with Gasteiger partial charge in [-0.1, -0.05) is 12.1 Å². The van der Waals surface area contributed by atoms with Crippen molar-refractivity contribution in [1.29, 1.82) is 5.26 Å². The molecule has 0 N–H and O–H groups in total. The van der Waals surface area contributed by atoms with Gasteiger partial charge >= 0.3 is 12.2 Å². The van der Waals surface area contributed by atoms with Crippen molar-refractivity contribution in [2.24, 2.45) is 0 Å². The molecule has 2 aromatic carbocycles. The van der Waals surface area contributed by atoms with Crippen LogP contribution in [-0.2, 0) is 20.8 Å². The lowest BCUT2D eigenvalue weighted by atomic mass is 9.93. The van der Waals surface area contributed by atoms with Crippen molar-refractivity contribution >= 4 is 27.5 Å². The number of carbonyl (C=O) groups excluding carboxylic acids is 2. The molecule has 2 aliphatic heterocycles. The largest absolute Gasteiger partial charge is 0.416 e. The van der Waals surface area contributed by atoms with E-state index < -0.39 is 39.6 Å². The second kappa shape index (κ2) is 8.13. The van der Waals surface area contributed by atoms with Crippen LogP contribution in [0.1, 0.15) is 22.7 Å². The lowest BCUT2D eigenvalue weighted by Crippen LogP contribution is -2.48. The lowest BCUT2D eigenvalue weighted by Gasteiger charge is -2.40. The molecule has 1 unspecified atom stereocenters. The first kappa shape index (κ1) is 24.3. The molecule has 0 bridgehead atoms. The number of rotatable bonds is 3. The number of benzene rings is 2. The average molecular weight is 504 g/mol. The van der Waals surface area contributed by atoms with Crippen LogP contribution in [0.3, 0.4) is 0 Å². The summed E-state index contributed by atoms with van der Waals surface area (Å²) in [6.07, 6.45) is -3.69. The molecule has 3 amide bonds. The Morgan fingerprint density at radius 1 is 1.09 bits per heavy atom. The van der Waals surface area contributed by atoms with Gasteiger partial charge in [0.2, 0.25) is 0 Å². The molecular weight excluding hydrogens is 485 g/mol. The summed E-state index contributed by atoms with van der Waals surface area (Å²) in [6.45, 7) is -0.0645. The second-order valence-corrected chi connectivity index (χ2v) is 10.3. The number of halogens is 3. The van der Waals surface area contributed by atoms with Gasteiger partial charge in [-0.05, 0) is 35.9 Å². The van der Waals surface area contributed by atoms with Gasteiger partial charge in [0.25, 0.3) is 5.91 Å². The number of alkyl halides is 3. The zero-order chi connectivity index (χ0) is 25.9. The molecule has 0 aromatic heterocycles. The number of hydrogen-bond donors (Lipinski definition) is 0. The molecule has 182 valence electrons. The second-order valence-electron chi connectivity index (χ2n) is 8.34. The molecule has 2 heterocycles.